The van der Waals surface area contributed by atoms with Crippen LogP contribution in [0, 0.1) is 5.21 Å². The minimum atomic E-state index is -0.0667. The maximum atomic E-state index is 12.0. The van der Waals surface area contributed by atoms with Crippen molar-refractivity contribution < 1.29 is 24.5 Å². The molecule has 0 amide bonds. The first-order chi connectivity index (χ1) is 11.2. The zero-order valence-corrected chi connectivity index (χ0v) is 12.5. The third-order valence-electron chi connectivity index (χ3n) is 2.82. The van der Waals surface area contributed by atoms with Gasteiger partial charge in [0, 0.05) is 17.2 Å². The summed E-state index contributed by atoms with van der Waals surface area (Å²) in [5.74, 6) is 1.17. The highest BCUT2D eigenvalue weighted by atomic mass is 16.5. The number of benzene rings is 2. The molecule has 0 atom stereocenters. The Balaban J connectivity index is 2.03. The minimum absolute atomic E-state index is 0.0571. The van der Waals surface area contributed by atoms with Gasteiger partial charge in [-0.3, -0.25) is 0 Å². The van der Waals surface area contributed by atoms with Crippen molar-refractivity contribution >= 4 is 11.4 Å². The quantitative estimate of drug-likeness (QED) is 0.442. The van der Waals surface area contributed by atoms with Crippen LogP contribution in [0.2, 0.25) is 0 Å². The summed E-state index contributed by atoms with van der Waals surface area (Å²) in [6, 6.07) is 13.1. The molecule has 2 N–H and O–H groups in total. The van der Waals surface area contributed by atoms with E-state index in [2.05, 4.69) is 5.11 Å². The first kappa shape index (κ1) is 16.7. The van der Waals surface area contributed by atoms with E-state index in [0.717, 1.165) is 0 Å². The van der Waals surface area contributed by atoms with Gasteiger partial charge in [-0.05, 0) is 36.4 Å². The molecular formula is C16H18N2O5. The molecular weight excluding hydrogens is 300 g/mol. The highest BCUT2D eigenvalue weighted by molar-refractivity contribution is 5.41. The molecule has 23 heavy (non-hydrogen) atoms. The molecule has 0 aromatic heterocycles. The van der Waals surface area contributed by atoms with E-state index in [4.69, 9.17) is 19.7 Å². The Morgan fingerprint density at radius 2 is 1.30 bits per heavy atom. The van der Waals surface area contributed by atoms with Gasteiger partial charge in [0.2, 0.25) is 5.69 Å². The Hall–Kier alpha value is -2.64. The van der Waals surface area contributed by atoms with E-state index >= 15 is 0 Å². The van der Waals surface area contributed by atoms with Crippen molar-refractivity contribution in [3.63, 3.8) is 0 Å². The van der Waals surface area contributed by atoms with Gasteiger partial charge in [0.15, 0.2) is 0 Å². The SMILES string of the molecule is [O-][N+](=Nc1ccc(OCCO)cc1)c1ccc(OCCO)cc1. The second-order valence-corrected chi connectivity index (χ2v) is 4.50. The zero-order valence-electron chi connectivity index (χ0n) is 12.5. The molecule has 0 aliphatic rings. The predicted octanol–water partition coefficient (Wildman–Crippen LogP) is 2.35. The fourth-order valence-corrected chi connectivity index (χ4v) is 1.77. The maximum absolute atomic E-state index is 12.0. The van der Waals surface area contributed by atoms with Crippen molar-refractivity contribution in [2.24, 2.45) is 5.11 Å². The topological polar surface area (TPSA) is 97.4 Å². The number of azo groups is 1. The number of aliphatic hydroxyl groups excluding tert-OH is 2. The molecule has 0 aliphatic carbocycles. The molecule has 0 saturated heterocycles. The molecule has 0 saturated carbocycles. The first-order valence-electron chi connectivity index (χ1n) is 7.09. The molecule has 0 fully saturated rings. The first-order valence-corrected chi connectivity index (χ1v) is 7.09. The molecule has 7 heteroatoms. The van der Waals surface area contributed by atoms with Gasteiger partial charge in [0.05, 0.1) is 13.2 Å². The summed E-state index contributed by atoms with van der Waals surface area (Å²) in [5.41, 5.74) is 0.846. The Morgan fingerprint density at radius 1 is 0.826 bits per heavy atom. The Morgan fingerprint density at radius 3 is 1.78 bits per heavy atom. The second-order valence-electron chi connectivity index (χ2n) is 4.50. The van der Waals surface area contributed by atoms with Gasteiger partial charge in [0.1, 0.15) is 30.4 Å². The lowest BCUT2D eigenvalue weighted by Crippen LogP contribution is -2.01. The van der Waals surface area contributed by atoms with Gasteiger partial charge in [-0.2, -0.15) is 0 Å². The van der Waals surface area contributed by atoms with E-state index in [1.807, 2.05) is 0 Å². The smallest absolute Gasteiger partial charge is 0.245 e. The van der Waals surface area contributed by atoms with Gasteiger partial charge in [-0.15, -0.1) is 0 Å². The Kier molecular flexibility index (Phi) is 6.34. The van der Waals surface area contributed by atoms with E-state index < -0.39 is 0 Å². The largest absolute Gasteiger partial charge is 0.594 e. The Labute approximate surface area is 133 Å². The standard InChI is InChI=1S/C16H18N2O5/c19-9-11-22-15-5-1-13(2-6-15)17-18(21)14-3-7-16(8-4-14)23-12-10-20/h1-8,19-20H,9-12H2. The monoisotopic (exact) mass is 318 g/mol. The molecule has 0 heterocycles. The molecule has 2 rings (SSSR count). The molecule has 2 aromatic carbocycles. The molecule has 7 nitrogen and oxygen atoms in total. The van der Waals surface area contributed by atoms with Crippen LogP contribution in [0.1, 0.15) is 0 Å². The highest BCUT2D eigenvalue weighted by Gasteiger charge is 2.05. The van der Waals surface area contributed by atoms with Crippen LogP contribution in [0.4, 0.5) is 11.4 Å². The number of hydrogen-bond acceptors (Lipinski definition) is 6. The fourth-order valence-electron chi connectivity index (χ4n) is 1.77. The van der Waals surface area contributed by atoms with E-state index in [-0.39, 0.29) is 26.4 Å². The predicted molar refractivity (Wildman–Crippen MR) is 83.4 cm³/mol. The van der Waals surface area contributed by atoms with Crippen LogP contribution < -0.4 is 9.47 Å². The number of rotatable bonds is 8. The molecule has 122 valence electrons. The lowest BCUT2D eigenvalue weighted by molar-refractivity contribution is -0.435. The number of hydrogen-bond donors (Lipinski definition) is 2. The Bertz CT molecular complexity index is 626. The second kappa shape index (κ2) is 8.72. The van der Waals surface area contributed by atoms with Gasteiger partial charge in [-0.1, -0.05) is 4.86 Å². The van der Waals surface area contributed by atoms with Crippen LogP contribution in [-0.4, -0.2) is 41.5 Å². The molecule has 0 spiro atoms. The lowest BCUT2D eigenvalue weighted by Gasteiger charge is -2.05. The van der Waals surface area contributed by atoms with Gasteiger partial charge >= 0.3 is 0 Å². The van der Waals surface area contributed by atoms with Crippen LogP contribution >= 0.6 is 0 Å². The third kappa shape index (κ3) is 5.24. The van der Waals surface area contributed by atoms with Crippen LogP contribution in [-0.2, 0) is 0 Å². The summed E-state index contributed by atoms with van der Waals surface area (Å²) in [5, 5.41) is 33.3. The van der Waals surface area contributed by atoms with E-state index in [1.54, 1.807) is 48.5 Å². The van der Waals surface area contributed by atoms with Gasteiger partial charge < -0.3 is 24.9 Å². The van der Waals surface area contributed by atoms with Crippen molar-refractivity contribution in [3.05, 3.63) is 53.7 Å². The van der Waals surface area contributed by atoms with Gasteiger partial charge in [-0.25, -0.2) is 0 Å². The summed E-state index contributed by atoms with van der Waals surface area (Å²) in [7, 11) is 0. The van der Waals surface area contributed by atoms with Crippen molar-refractivity contribution in [3.8, 4) is 11.5 Å². The van der Waals surface area contributed by atoms with Crippen molar-refractivity contribution in [2.75, 3.05) is 26.4 Å². The van der Waals surface area contributed by atoms with Crippen molar-refractivity contribution in [1.82, 2.24) is 0 Å². The van der Waals surface area contributed by atoms with E-state index in [1.165, 1.54) is 0 Å². The summed E-state index contributed by atoms with van der Waals surface area (Å²) in [4.78, 5) is 0.513. The number of aliphatic hydroxyl groups is 2. The third-order valence-corrected chi connectivity index (χ3v) is 2.82. The summed E-state index contributed by atoms with van der Waals surface area (Å²) in [6.45, 7) is 0.297. The summed E-state index contributed by atoms with van der Waals surface area (Å²) >= 11 is 0. The van der Waals surface area contributed by atoms with Crippen molar-refractivity contribution in [1.29, 1.82) is 0 Å². The average molecular weight is 318 g/mol. The van der Waals surface area contributed by atoms with Crippen LogP contribution in [0.15, 0.2) is 53.6 Å². The molecule has 0 aliphatic heterocycles. The van der Waals surface area contributed by atoms with Crippen molar-refractivity contribution in [2.45, 2.75) is 0 Å². The zero-order chi connectivity index (χ0) is 16.5. The van der Waals surface area contributed by atoms with Crippen LogP contribution in [0.5, 0.6) is 11.5 Å². The van der Waals surface area contributed by atoms with Gasteiger partial charge in [0.25, 0.3) is 0 Å². The van der Waals surface area contributed by atoms with Crippen LogP contribution in [0.3, 0.4) is 0 Å². The molecule has 0 bridgehead atoms. The normalized spacial score (nSPS) is 11.3. The average Bonchev–Trinajstić information content (AvgIpc) is 2.59. The number of ether oxygens (including phenoxy) is 2. The number of nitrogens with zero attached hydrogens (tertiary/aromatic N) is 2. The molecule has 0 unspecified atom stereocenters. The highest BCUT2D eigenvalue weighted by Crippen LogP contribution is 2.22. The lowest BCUT2D eigenvalue weighted by atomic mass is 10.3. The minimum Gasteiger partial charge on any atom is -0.594 e. The van der Waals surface area contributed by atoms with Crippen LogP contribution in [0.25, 0.3) is 0 Å². The van der Waals surface area contributed by atoms with E-state index in [9.17, 15) is 5.21 Å². The summed E-state index contributed by atoms with van der Waals surface area (Å²) < 4.78 is 10.5. The summed E-state index contributed by atoms with van der Waals surface area (Å²) in [6.07, 6.45) is 0. The van der Waals surface area contributed by atoms with E-state index in [0.29, 0.717) is 27.7 Å². The molecule has 2 aromatic rings. The molecule has 0 radical (unpaired) electrons. The maximum Gasteiger partial charge on any atom is 0.245 e. The fraction of sp³-hybridized carbons (Fsp3) is 0.250.